The molecular formula is C11H22N2O. The van der Waals surface area contributed by atoms with Gasteiger partial charge in [0.2, 0.25) is 0 Å². The normalized spacial score (nSPS) is 29.4. The fourth-order valence-corrected chi connectivity index (χ4v) is 2.12. The van der Waals surface area contributed by atoms with Crippen molar-refractivity contribution in [2.45, 2.75) is 38.2 Å². The standard InChI is InChI=1S/C11H22N2O/c12-8-11(4-5-11)9-13-6-3-10-2-1-7-14-10/h10,13H,1-9,12H2. The van der Waals surface area contributed by atoms with Crippen molar-refractivity contribution in [1.82, 2.24) is 5.32 Å². The minimum Gasteiger partial charge on any atom is -0.378 e. The SMILES string of the molecule is NCC1(CNCCC2CCCO2)CC1. The smallest absolute Gasteiger partial charge is 0.0588 e. The lowest BCUT2D eigenvalue weighted by Gasteiger charge is -2.14. The third-order valence-electron chi connectivity index (χ3n) is 3.56. The summed E-state index contributed by atoms with van der Waals surface area (Å²) in [7, 11) is 0. The van der Waals surface area contributed by atoms with Crippen LogP contribution in [0.1, 0.15) is 32.1 Å². The molecule has 2 rings (SSSR count). The van der Waals surface area contributed by atoms with Gasteiger partial charge in [0.1, 0.15) is 0 Å². The Morgan fingerprint density at radius 2 is 2.29 bits per heavy atom. The minimum atomic E-state index is 0.469. The number of rotatable bonds is 6. The number of ether oxygens (including phenoxy) is 1. The van der Waals surface area contributed by atoms with Gasteiger partial charge < -0.3 is 15.8 Å². The number of hydrogen-bond donors (Lipinski definition) is 2. The van der Waals surface area contributed by atoms with Crippen LogP contribution in [0.15, 0.2) is 0 Å². The third-order valence-corrected chi connectivity index (χ3v) is 3.56. The summed E-state index contributed by atoms with van der Waals surface area (Å²) >= 11 is 0. The van der Waals surface area contributed by atoms with E-state index in [1.165, 1.54) is 32.1 Å². The Kier molecular flexibility index (Phi) is 3.42. The first kappa shape index (κ1) is 10.4. The minimum absolute atomic E-state index is 0.469. The summed E-state index contributed by atoms with van der Waals surface area (Å²) < 4.78 is 5.56. The molecule has 1 aliphatic heterocycles. The van der Waals surface area contributed by atoms with Crippen LogP contribution in [0.4, 0.5) is 0 Å². The van der Waals surface area contributed by atoms with E-state index >= 15 is 0 Å². The quantitative estimate of drug-likeness (QED) is 0.623. The maximum Gasteiger partial charge on any atom is 0.0588 e. The Bertz CT molecular complexity index is 174. The van der Waals surface area contributed by atoms with Crippen molar-refractivity contribution < 1.29 is 4.74 Å². The topological polar surface area (TPSA) is 47.3 Å². The molecule has 0 bridgehead atoms. The Balaban J connectivity index is 1.50. The first-order chi connectivity index (χ1) is 6.85. The molecule has 14 heavy (non-hydrogen) atoms. The molecule has 0 aromatic rings. The fraction of sp³-hybridized carbons (Fsp3) is 1.00. The van der Waals surface area contributed by atoms with Gasteiger partial charge in [-0.3, -0.25) is 0 Å². The second-order valence-corrected chi connectivity index (χ2v) is 4.80. The molecule has 0 amide bonds. The van der Waals surface area contributed by atoms with E-state index < -0.39 is 0 Å². The number of hydrogen-bond acceptors (Lipinski definition) is 3. The van der Waals surface area contributed by atoms with Crippen LogP contribution in [0.2, 0.25) is 0 Å². The molecule has 1 atom stereocenters. The van der Waals surface area contributed by atoms with Crippen molar-refractivity contribution in [3.8, 4) is 0 Å². The number of nitrogens with two attached hydrogens (primary N) is 1. The molecule has 0 radical (unpaired) electrons. The fourth-order valence-electron chi connectivity index (χ4n) is 2.12. The molecule has 3 heteroatoms. The van der Waals surface area contributed by atoms with E-state index in [0.717, 1.165) is 26.2 Å². The van der Waals surface area contributed by atoms with Gasteiger partial charge in [0.15, 0.2) is 0 Å². The monoisotopic (exact) mass is 198 g/mol. The van der Waals surface area contributed by atoms with Gasteiger partial charge in [-0.2, -0.15) is 0 Å². The average Bonchev–Trinajstić information content (AvgIpc) is 2.81. The van der Waals surface area contributed by atoms with Gasteiger partial charge in [-0.1, -0.05) is 0 Å². The molecule has 1 unspecified atom stereocenters. The summed E-state index contributed by atoms with van der Waals surface area (Å²) in [6.07, 6.45) is 6.82. The predicted molar refractivity (Wildman–Crippen MR) is 57.2 cm³/mol. The maximum absolute atomic E-state index is 5.71. The largest absolute Gasteiger partial charge is 0.378 e. The van der Waals surface area contributed by atoms with Gasteiger partial charge in [-0.25, -0.2) is 0 Å². The van der Waals surface area contributed by atoms with Crippen LogP contribution in [0.25, 0.3) is 0 Å². The summed E-state index contributed by atoms with van der Waals surface area (Å²) in [4.78, 5) is 0. The van der Waals surface area contributed by atoms with Crippen LogP contribution in [0.3, 0.4) is 0 Å². The van der Waals surface area contributed by atoms with Crippen LogP contribution in [-0.2, 0) is 4.74 Å². The molecule has 0 aromatic carbocycles. The lowest BCUT2D eigenvalue weighted by molar-refractivity contribution is 0.104. The van der Waals surface area contributed by atoms with Crippen molar-refractivity contribution in [3.05, 3.63) is 0 Å². The Labute approximate surface area is 86.4 Å². The number of nitrogens with one attached hydrogen (secondary N) is 1. The van der Waals surface area contributed by atoms with E-state index in [1.54, 1.807) is 0 Å². The van der Waals surface area contributed by atoms with Crippen LogP contribution < -0.4 is 11.1 Å². The summed E-state index contributed by atoms with van der Waals surface area (Å²) in [6, 6.07) is 0. The van der Waals surface area contributed by atoms with E-state index in [1.807, 2.05) is 0 Å². The van der Waals surface area contributed by atoms with E-state index in [9.17, 15) is 0 Å². The zero-order chi connectivity index (χ0) is 9.86. The molecule has 2 aliphatic rings. The van der Waals surface area contributed by atoms with Crippen molar-refractivity contribution in [2.24, 2.45) is 11.1 Å². The second kappa shape index (κ2) is 4.60. The van der Waals surface area contributed by atoms with Crippen molar-refractivity contribution in [2.75, 3.05) is 26.2 Å². The summed E-state index contributed by atoms with van der Waals surface area (Å²) in [5.74, 6) is 0. The summed E-state index contributed by atoms with van der Waals surface area (Å²) in [6.45, 7) is 4.01. The summed E-state index contributed by atoms with van der Waals surface area (Å²) in [5.41, 5.74) is 6.18. The van der Waals surface area contributed by atoms with Crippen molar-refractivity contribution in [1.29, 1.82) is 0 Å². The lowest BCUT2D eigenvalue weighted by Crippen LogP contribution is -2.31. The molecule has 82 valence electrons. The first-order valence-corrected chi connectivity index (χ1v) is 5.87. The molecular weight excluding hydrogens is 176 g/mol. The highest BCUT2D eigenvalue weighted by Gasteiger charge is 2.40. The molecule has 1 aliphatic carbocycles. The molecule has 2 fully saturated rings. The Morgan fingerprint density at radius 1 is 1.43 bits per heavy atom. The van der Waals surface area contributed by atoms with Gasteiger partial charge >= 0.3 is 0 Å². The zero-order valence-electron chi connectivity index (χ0n) is 8.93. The highest BCUT2D eigenvalue weighted by Crippen LogP contribution is 2.43. The van der Waals surface area contributed by atoms with Crippen LogP contribution in [0.5, 0.6) is 0 Å². The summed E-state index contributed by atoms with van der Waals surface area (Å²) in [5, 5.41) is 3.51. The molecule has 3 nitrogen and oxygen atoms in total. The van der Waals surface area contributed by atoms with Gasteiger partial charge in [0, 0.05) is 13.2 Å². The lowest BCUT2D eigenvalue weighted by atomic mass is 10.1. The highest BCUT2D eigenvalue weighted by atomic mass is 16.5. The molecule has 1 saturated carbocycles. The maximum atomic E-state index is 5.71. The molecule has 3 N–H and O–H groups in total. The zero-order valence-corrected chi connectivity index (χ0v) is 8.93. The molecule has 0 aromatic heterocycles. The van der Waals surface area contributed by atoms with E-state index in [4.69, 9.17) is 10.5 Å². The van der Waals surface area contributed by atoms with Crippen LogP contribution >= 0.6 is 0 Å². The van der Waals surface area contributed by atoms with Crippen LogP contribution in [-0.4, -0.2) is 32.3 Å². The van der Waals surface area contributed by atoms with Crippen molar-refractivity contribution >= 4 is 0 Å². The van der Waals surface area contributed by atoms with Crippen molar-refractivity contribution in [3.63, 3.8) is 0 Å². The predicted octanol–water partition coefficient (Wildman–Crippen LogP) is 0.884. The Morgan fingerprint density at radius 3 is 2.86 bits per heavy atom. The third kappa shape index (κ3) is 2.69. The second-order valence-electron chi connectivity index (χ2n) is 4.80. The van der Waals surface area contributed by atoms with E-state index in [2.05, 4.69) is 5.32 Å². The van der Waals surface area contributed by atoms with Gasteiger partial charge in [-0.15, -0.1) is 0 Å². The average molecular weight is 198 g/mol. The highest BCUT2D eigenvalue weighted by molar-refractivity contribution is 4.95. The van der Waals surface area contributed by atoms with Crippen LogP contribution in [0, 0.1) is 5.41 Å². The van der Waals surface area contributed by atoms with E-state index in [-0.39, 0.29) is 0 Å². The molecule has 0 spiro atoms. The van der Waals surface area contributed by atoms with Gasteiger partial charge in [0.05, 0.1) is 6.10 Å². The molecule has 1 saturated heterocycles. The van der Waals surface area contributed by atoms with E-state index in [0.29, 0.717) is 11.5 Å². The van der Waals surface area contributed by atoms with Gasteiger partial charge in [-0.05, 0) is 50.6 Å². The molecule has 1 heterocycles. The first-order valence-electron chi connectivity index (χ1n) is 5.87. The Hall–Kier alpha value is -0.120. The van der Waals surface area contributed by atoms with Gasteiger partial charge in [0.25, 0.3) is 0 Å².